The Labute approximate surface area is 395 Å². The minimum Gasteiger partial charge on any atom is -0.492 e. The number of ether oxygens (including phenoxy) is 2. The number of rotatable bonds is 23. The quantitative estimate of drug-likeness (QED) is 0.0722. The molecule has 7 rings (SSSR count). The maximum absolute atomic E-state index is 14.6. The van der Waals surface area contributed by atoms with Gasteiger partial charge in [-0.05, 0) is 91.1 Å². The molecule has 5 aliphatic rings. The fourth-order valence-electron chi connectivity index (χ4n) is 11.3. The molecule has 2 aromatic rings. The van der Waals surface area contributed by atoms with Gasteiger partial charge in [-0.25, -0.2) is 0 Å². The number of nitrogens with two attached hydrogens (primary N) is 2. The Morgan fingerprint density at radius 2 is 1.47 bits per heavy atom. The lowest BCUT2D eigenvalue weighted by Gasteiger charge is -2.64. The number of carbonyl (C=O) groups is 4. The monoisotopic (exact) mass is 913 g/mol. The summed E-state index contributed by atoms with van der Waals surface area (Å²) in [6, 6.07) is 9.34. The van der Waals surface area contributed by atoms with Crippen LogP contribution in [-0.2, 0) is 34.9 Å². The van der Waals surface area contributed by atoms with Crippen molar-refractivity contribution >= 4 is 30.5 Å². The summed E-state index contributed by atoms with van der Waals surface area (Å²) in [5.41, 5.74) is 14.3. The van der Waals surface area contributed by atoms with Crippen LogP contribution in [0.1, 0.15) is 161 Å². The van der Waals surface area contributed by atoms with Crippen molar-refractivity contribution in [2.24, 2.45) is 34.6 Å². The molecule has 2 amide bonds. The summed E-state index contributed by atoms with van der Waals surface area (Å²) >= 11 is 0. The number of nitrogens with zero attached hydrogens (tertiary/aromatic N) is 1. The third kappa shape index (κ3) is 12.1. The van der Waals surface area contributed by atoms with Gasteiger partial charge in [-0.1, -0.05) is 111 Å². The molecule has 66 heavy (non-hydrogen) atoms. The third-order valence-electron chi connectivity index (χ3n) is 15.5. The number of Topliss-reactive ketones (excluding diaryl/α,β-unsaturated/α-hetero) is 2. The molecule has 6 bridgehead atoms. The molecule has 0 spiro atoms. The van der Waals surface area contributed by atoms with Crippen LogP contribution in [0.5, 0.6) is 11.5 Å². The Kier molecular flexibility index (Phi) is 18.4. The average molecular weight is 913 g/mol. The summed E-state index contributed by atoms with van der Waals surface area (Å²) in [5.74, 6) is 0.0586. The Hall–Kier alpha value is -3.78. The molecular formula is C53H81BN4O8. The average Bonchev–Trinajstić information content (AvgIpc) is 3.66. The van der Waals surface area contributed by atoms with E-state index in [9.17, 15) is 19.2 Å². The van der Waals surface area contributed by atoms with Crippen LogP contribution in [0.25, 0.3) is 11.1 Å². The Morgan fingerprint density at radius 3 is 2.09 bits per heavy atom. The predicted octanol–water partition coefficient (Wildman–Crippen LogP) is 8.94. The van der Waals surface area contributed by atoms with Gasteiger partial charge in [0.2, 0.25) is 11.8 Å². The van der Waals surface area contributed by atoms with E-state index < -0.39 is 36.6 Å². The van der Waals surface area contributed by atoms with Crippen LogP contribution >= 0.6 is 0 Å². The van der Waals surface area contributed by atoms with Crippen molar-refractivity contribution in [1.82, 2.24) is 10.2 Å². The molecule has 0 radical (unpaired) electrons. The van der Waals surface area contributed by atoms with Gasteiger partial charge in [0.05, 0.1) is 17.7 Å². The van der Waals surface area contributed by atoms with Crippen LogP contribution in [0.4, 0.5) is 0 Å². The highest BCUT2D eigenvalue weighted by atomic mass is 16.7. The maximum Gasteiger partial charge on any atom is 0.461 e. The molecule has 4 fully saturated rings. The lowest BCUT2D eigenvalue weighted by molar-refractivity contribution is -0.199. The Balaban J connectivity index is 1.24. The number of likely N-dealkylation sites (N-methyl/N-ethyl adjacent to an activating group) is 1. The normalized spacial score (nSPS) is 26.1. The van der Waals surface area contributed by atoms with Crippen molar-refractivity contribution in [1.29, 1.82) is 0 Å². The van der Waals surface area contributed by atoms with Crippen molar-refractivity contribution in [3.63, 3.8) is 0 Å². The first-order chi connectivity index (χ1) is 31.6. The summed E-state index contributed by atoms with van der Waals surface area (Å²) in [4.78, 5) is 58.9. The van der Waals surface area contributed by atoms with Gasteiger partial charge in [0.1, 0.15) is 30.8 Å². The zero-order valence-electron chi connectivity index (χ0n) is 41.3. The highest BCUT2D eigenvalue weighted by Gasteiger charge is 2.68. The second-order valence-electron chi connectivity index (χ2n) is 20.9. The highest BCUT2D eigenvalue weighted by Crippen LogP contribution is 2.66. The molecule has 13 heteroatoms. The smallest absolute Gasteiger partial charge is 0.461 e. The number of ketones is 2. The molecule has 8 atom stereocenters. The predicted molar refractivity (Wildman–Crippen MR) is 261 cm³/mol. The molecule has 0 aromatic heterocycles. The van der Waals surface area contributed by atoms with Gasteiger partial charge in [0.25, 0.3) is 0 Å². The van der Waals surface area contributed by atoms with E-state index in [-0.39, 0.29) is 80.4 Å². The Bertz CT molecular complexity index is 1980. The number of hydrogen-bond donors (Lipinski definition) is 3. The van der Waals surface area contributed by atoms with E-state index in [2.05, 4.69) is 33.0 Å². The van der Waals surface area contributed by atoms with Gasteiger partial charge in [-0.2, -0.15) is 0 Å². The van der Waals surface area contributed by atoms with Crippen LogP contribution in [0.2, 0.25) is 5.82 Å². The van der Waals surface area contributed by atoms with Gasteiger partial charge in [0, 0.05) is 56.4 Å². The molecule has 1 saturated heterocycles. The first-order valence-corrected chi connectivity index (χ1v) is 25.5. The number of hydrogen-bond acceptors (Lipinski definition) is 10. The van der Waals surface area contributed by atoms with Crippen molar-refractivity contribution < 1.29 is 38.0 Å². The lowest BCUT2D eigenvalue weighted by atomic mass is 9.43. The van der Waals surface area contributed by atoms with Crippen molar-refractivity contribution in [2.75, 3.05) is 33.4 Å². The van der Waals surface area contributed by atoms with Crippen molar-refractivity contribution in [3.05, 3.63) is 47.5 Å². The number of fused-ring (bicyclic) bond motifs is 5. The van der Waals surface area contributed by atoms with E-state index in [1.165, 1.54) is 44.9 Å². The van der Waals surface area contributed by atoms with Gasteiger partial charge >= 0.3 is 7.12 Å². The molecular weight excluding hydrogens is 831 g/mol. The van der Waals surface area contributed by atoms with Crippen LogP contribution in [0, 0.1) is 23.2 Å². The topological polar surface area (TPSA) is 173 Å². The van der Waals surface area contributed by atoms with Crippen LogP contribution in [0.3, 0.4) is 0 Å². The van der Waals surface area contributed by atoms with Gasteiger partial charge in [-0.3, -0.25) is 19.2 Å². The number of amides is 2. The number of benzene rings is 2. The van der Waals surface area contributed by atoms with E-state index in [4.69, 9.17) is 30.2 Å². The standard InChI is InChI=1S/C53H81BN4O8/c1-8-9-10-11-12-13-14-15-16-17-18-19-49(61)58(7)50-38-21-23-46(64-27-25-56)41(32-38)40-30-37(20-22-45(40)63-26-24-55)31-42(57-51(62)35(2)28-44(50)60)43(59)29-36(3)54-65-48-34-39-33-47(52(39,4)5)53(48,6)66-54/h20-23,30,32,35-36,39,42,47-48,50H,8-19,24-29,31,33-34,55-56H2,1-7H3,(H,57,62)/t35-,36-,39+,42+,47+,48-,50+,53+/m1/s1. The number of unbranched alkanes of at least 4 members (excludes halogenated alkanes) is 10. The van der Waals surface area contributed by atoms with Gasteiger partial charge in [-0.15, -0.1) is 0 Å². The summed E-state index contributed by atoms with van der Waals surface area (Å²) in [6.45, 7) is 13.8. The second kappa shape index (κ2) is 23.5. The van der Waals surface area contributed by atoms with Crippen LogP contribution < -0.4 is 26.3 Å². The first-order valence-electron chi connectivity index (χ1n) is 25.5. The summed E-state index contributed by atoms with van der Waals surface area (Å²) in [6.07, 6.45) is 15.5. The van der Waals surface area contributed by atoms with E-state index in [1.54, 1.807) is 18.9 Å². The molecule has 364 valence electrons. The first kappa shape index (κ1) is 51.6. The summed E-state index contributed by atoms with van der Waals surface area (Å²) in [5, 5.41) is 3.06. The number of nitrogens with one attached hydrogen (secondary N) is 1. The molecule has 3 saturated carbocycles. The largest absolute Gasteiger partial charge is 0.492 e. The van der Waals surface area contributed by atoms with E-state index in [0.29, 0.717) is 46.4 Å². The minimum atomic E-state index is -0.978. The molecule has 2 heterocycles. The minimum absolute atomic E-state index is 0.0115. The van der Waals surface area contributed by atoms with Crippen molar-refractivity contribution in [2.45, 2.75) is 180 Å². The fourth-order valence-corrected chi connectivity index (χ4v) is 11.3. The zero-order valence-corrected chi connectivity index (χ0v) is 41.3. The Morgan fingerprint density at radius 1 is 0.864 bits per heavy atom. The number of carbonyl (C=O) groups excluding carboxylic acids is 4. The van der Waals surface area contributed by atoms with E-state index in [0.717, 1.165) is 44.1 Å². The lowest BCUT2D eigenvalue weighted by Crippen LogP contribution is -2.65. The third-order valence-corrected chi connectivity index (χ3v) is 15.5. The molecule has 0 unspecified atom stereocenters. The maximum atomic E-state index is 14.6. The van der Waals surface area contributed by atoms with Gasteiger partial charge < -0.3 is 40.5 Å². The molecule has 2 aliphatic heterocycles. The molecule has 5 N–H and O–H groups in total. The van der Waals surface area contributed by atoms with Gasteiger partial charge in [0.15, 0.2) is 11.6 Å². The summed E-state index contributed by atoms with van der Waals surface area (Å²) in [7, 11) is 1.14. The fraction of sp³-hybridized carbons (Fsp3) is 0.698. The van der Waals surface area contributed by atoms with E-state index >= 15 is 0 Å². The van der Waals surface area contributed by atoms with Crippen molar-refractivity contribution in [3.8, 4) is 22.6 Å². The summed E-state index contributed by atoms with van der Waals surface area (Å²) < 4.78 is 25.8. The SMILES string of the molecule is CCCCCCCCCCCCCC(=O)N(C)[C@@H]1C(=O)C[C@@H](C)C(=O)N[C@H](C(=O)C[C@@H](C)B2O[C@@H]3C[C@@H]4C[C@@H](C4(C)C)[C@]3(C)O2)Cc2ccc(OCCN)c(c2)-c2cc1ccc2OCCN. The molecule has 3 aliphatic carbocycles. The molecule has 2 aromatic carbocycles. The van der Waals surface area contributed by atoms with Crippen LogP contribution in [0.15, 0.2) is 36.4 Å². The van der Waals surface area contributed by atoms with Crippen LogP contribution in [-0.4, -0.2) is 86.5 Å². The zero-order chi connectivity index (χ0) is 47.6. The molecule has 12 nitrogen and oxygen atoms in total. The van der Waals surface area contributed by atoms with E-state index in [1.807, 2.05) is 43.3 Å². The highest BCUT2D eigenvalue weighted by molar-refractivity contribution is 6.47. The second-order valence-corrected chi connectivity index (χ2v) is 20.9.